The third-order valence-corrected chi connectivity index (χ3v) is 4.15. The van der Waals surface area contributed by atoms with Gasteiger partial charge in [0.25, 0.3) is 5.91 Å². The van der Waals surface area contributed by atoms with E-state index in [1.165, 1.54) is 0 Å². The number of carbonyl (C=O) groups is 1. The van der Waals surface area contributed by atoms with E-state index in [2.05, 4.69) is 10.5 Å². The quantitative estimate of drug-likeness (QED) is 0.613. The zero-order chi connectivity index (χ0) is 18.5. The average molecular weight is 369 g/mol. The van der Waals surface area contributed by atoms with Gasteiger partial charge in [0.2, 0.25) is 0 Å². The minimum Gasteiger partial charge on any atom is -0.505 e. The maximum absolute atomic E-state index is 12.2. The Kier molecular flexibility index (Phi) is 5.39. The van der Waals surface area contributed by atoms with Gasteiger partial charge in [0.15, 0.2) is 5.76 Å². The summed E-state index contributed by atoms with van der Waals surface area (Å²) in [4.78, 5) is 17.5. The van der Waals surface area contributed by atoms with Gasteiger partial charge in [-0.25, -0.2) is 0 Å². The predicted molar refractivity (Wildman–Crippen MR) is 102 cm³/mol. The van der Waals surface area contributed by atoms with E-state index < -0.39 is 5.91 Å². The van der Waals surface area contributed by atoms with Gasteiger partial charge in [-0.15, -0.1) is 0 Å². The largest absolute Gasteiger partial charge is 0.505 e. The molecular formula is C20H17ClN2O3. The minimum absolute atomic E-state index is 0.0800. The molecule has 0 saturated carbocycles. The van der Waals surface area contributed by atoms with E-state index in [0.717, 1.165) is 5.56 Å². The van der Waals surface area contributed by atoms with Gasteiger partial charge in [-0.05, 0) is 30.2 Å². The monoisotopic (exact) mass is 368 g/mol. The van der Waals surface area contributed by atoms with Gasteiger partial charge in [0, 0.05) is 5.02 Å². The van der Waals surface area contributed by atoms with Gasteiger partial charge in [-0.2, -0.15) is 0 Å². The molecule has 1 heterocycles. The highest BCUT2D eigenvalue weighted by atomic mass is 35.5. The van der Waals surface area contributed by atoms with Gasteiger partial charge in [-0.1, -0.05) is 65.3 Å². The summed E-state index contributed by atoms with van der Waals surface area (Å²) in [6.07, 6.45) is 1.61. The number of carbonyl (C=O) groups excluding carboxylic acids is 1. The van der Waals surface area contributed by atoms with Crippen LogP contribution in [0.4, 0.5) is 0 Å². The number of nitrogens with zero attached hydrogens (tertiary/aromatic N) is 1. The summed E-state index contributed by atoms with van der Waals surface area (Å²) in [6.45, 7) is 1.88. The molecule has 6 heteroatoms. The van der Waals surface area contributed by atoms with E-state index in [9.17, 15) is 9.90 Å². The molecule has 1 amide bonds. The Morgan fingerprint density at radius 2 is 1.88 bits per heavy atom. The van der Waals surface area contributed by atoms with Crippen LogP contribution in [0.5, 0.6) is 0 Å². The van der Waals surface area contributed by atoms with E-state index >= 15 is 0 Å². The number of aliphatic hydroxyl groups is 1. The first-order valence-corrected chi connectivity index (χ1v) is 8.36. The van der Waals surface area contributed by atoms with Crippen LogP contribution in [0.3, 0.4) is 0 Å². The smallest absolute Gasteiger partial charge is 0.261 e. The number of hydrogen-bond acceptors (Lipinski definition) is 4. The van der Waals surface area contributed by atoms with Crippen molar-refractivity contribution < 1.29 is 14.7 Å². The lowest BCUT2D eigenvalue weighted by Gasteiger charge is -2.02. The van der Waals surface area contributed by atoms with Crippen molar-refractivity contribution >= 4 is 29.3 Å². The van der Waals surface area contributed by atoms with Crippen LogP contribution in [-0.2, 0) is 16.2 Å². The number of amides is 1. The predicted octanol–water partition coefficient (Wildman–Crippen LogP) is 4.22. The second-order valence-electron chi connectivity index (χ2n) is 5.69. The molecule has 0 spiro atoms. The summed E-state index contributed by atoms with van der Waals surface area (Å²) >= 11 is 6.11. The first-order chi connectivity index (χ1) is 12.6. The standard InChI is InChI=1S/C20H17ClN2O3/c1-13(23-26-12-14-7-3-2-4-8-14)18-19(24)17(22-20(18)25)11-15-9-5-6-10-16(15)21/h2-11,24H,12H2,1H3,(H,22,25)/b17-11-,23-13+. The number of rotatable bonds is 5. The first-order valence-electron chi connectivity index (χ1n) is 7.98. The molecule has 0 aromatic heterocycles. The molecule has 0 fully saturated rings. The minimum atomic E-state index is -0.439. The van der Waals surface area contributed by atoms with Crippen molar-refractivity contribution in [3.63, 3.8) is 0 Å². The SMILES string of the molecule is C/C(=N\OCc1ccccc1)C1=C(O)/C(=C/c2ccccc2Cl)NC1=O. The van der Waals surface area contributed by atoms with Crippen molar-refractivity contribution in [1.82, 2.24) is 5.32 Å². The number of nitrogens with one attached hydrogen (secondary N) is 1. The molecule has 5 nitrogen and oxygen atoms in total. The summed E-state index contributed by atoms with van der Waals surface area (Å²) in [5.74, 6) is -0.621. The molecule has 2 aromatic carbocycles. The van der Waals surface area contributed by atoms with Gasteiger partial charge in [0.05, 0.1) is 11.4 Å². The Hall–Kier alpha value is -3.05. The average Bonchev–Trinajstić information content (AvgIpc) is 2.91. The molecule has 0 bridgehead atoms. The molecule has 26 heavy (non-hydrogen) atoms. The van der Waals surface area contributed by atoms with Gasteiger partial charge < -0.3 is 15.3 Å². The van der Waals surface area contributed by atoms with Crippen LogP contribution >= 0.6 is 11.6 Å². The number of aliphatic hydroxyl groups excluding tert-OH is 1. The van der Waals surface area contributed by atoms with E-state index in [1.54, 1.807) is 31.2 Å². The van der Waals surface area contributed by atoms with Gasteiger partial charge in [-0.3, -0.25) is 4.79 Å². The van der Waals surface area contributed by atoms with Crippen LogP contribution in [0, 0.1) is 0 Å². The van der Waals surface area contributed by atoms with Crippen LogP contribution in [0.15, 0.2) is 76.8 Å². The van der Waals surface area contributed by atoms with Crippen LogP contribution < -0.4 is 5.32 Å². The Labute approximate surface area is 156 Å². The Balaban J connectivity index is 1.79. The second-order valence-corrected chi connectivity index (χ2v) is 6.10. The third kappa shape index (κ3) is 3.95. The summed E-state index contributed by atoms with van der Waals surface area (Å²) in [5.41, 5.74) is 2.29. The maximum atomic E-state index is 12.2. The van der Waals surface area contributed by atoms with Crippen LogP contribution in [-0.4, -0.2) is 16.7 Å². The molecule has 132 valence electrons. The fraction of sp³-hybridized carbons (Fsp3) is 0.100. The number of benzene rings is 2. The topological polar surface area (TPSA) is 70.9 Å². The first kappa shape index (κ1) is 17.8. The normalized spacial score (nSPS) is 16.2. The molecule has 0 atom stereocenters. The lowest BCUT2D eigenvalue weighted by Crippen LogP contribution is -2.19. The highest BCUT2D eigenvalue weighted by Crippen LogP contribution is 2.25. The zero-order valence-corrected chi connectivity index (χ0v) is 14.8. The van der Waals surface area contributed by atoms with E-state index in [4.69, 9.17) is 16.4 Å². The number of halogens is 1. The fourth-order valence-corrected chi connectivity index (χ4v) is 2.69. The molecule has 0 unspecified atom stereocenters. The zero-order valence-electron chi connectivity index (χ0n) is 14.1. The maximum Gasteiger partial charge on any atom is 0.261 e. The number of hydrogen-bond donors (Lipinski definition) is 2. The third-order valence-electron chi connectivity index (χ3n) is 3.81. The van der Waals surface area contributed by atoms with E-state index in [1.807, 2.05) is 36.4 Å². The van der Waals surface area contributed by atoms with E-state index in [0.29, 0.717) is 16.3 Å². The fourth-order valence-electron chi connectivity index (χ4n) is 2.50. The molecule has 0 saturated heterocycles. The van der Waals surface area contributed by atoms with Crippen molar-refractivity contribution in [3.8, 4) is 0 Å². The highest BCUT2D eigenvalue weighted by molar-refractivity contribution is 6.32. The van der Waals surface area contributed by atoms with Crippen molar-refractivity contribution in [2.75, 3.05) is 0 Å². The molecular weight excluding hydrogens is 352 g/mol. The summed E-state index contributed by atoms with van der Waals surface area (Å²) in [6, 6.07) is 16.7. The van der Waals surface area contributed by atoms with Crippen molar-refractivity contribution in [2.24, 2.45) is 5.16 Å². The highest BCUT2D eigenvalue weighted by Gasteiger charge is 2.29. The van der Waals surface area contributed by atoms with Crippen LogP contribution in [0.1, 0.15) is 18.1 Å². The molecule has 2 aromatic rings. The Morgan fingerprint density at radius 1 is 1.19 bits per heavy atom. The Bertz CT molecular complexity index is 918. The van der Waals surface area contributed by atoms with Gasteiger partial charge in [0.1, 0.15) is 12.2 Å². The van der Waals surface area contributed by atoms with Crippen LogP contribution in [0.2, 0.25) is 5.02 Å². The lowest BCUT2D eigenvalue weighted by atomic mass is 10.1. The lowest BCUT2D eigenvalue weighted by molar-refractivity contribution is -0.115. The second kappa shape index (κ2) is 7.89. The molecule has 1 aliphatic heterocycles. The summed E-state index contributed by atoms with van der Waals surface area (Å²) in [5, 5.41) is 17.5. The summed E-state index contributed by atoms with van der Waals surface area (Å²) in [7, 11) is 0. The van der Waals surface area contributed by atoms with Crippen molar-refractivity contribution in [3.05, 3.63) is 87.8 Å². The number of oxime groups is 1. The van der Waals surface area contributed by atoms with Gasteiger partial charge >= 0.3 is 0 Å². The van der Waals surface area contributed by atoms with E-state index in [-0.39, 0.29) is 23.6 Å². The summed E-state index contributed by atoms with van der Waals surface area (Å²) < 4.78 is 0. The molecule has 2 N–H and O–H groups in total. The Morgan fingerprint density at radius 3 is 2.62 bits per heavy atom. The van der Waals surface area contributed by atoms with Crippen molar-refractivity contribution in [2.45, 2.75) is 13.5 Å². The van der Waals surface area contributed by atoms with Crippen molar-refractivity contribution in [1.29, 1.82) is 0 Å². The van der Waals surface area contributed by atoms with Crippen LogP contribution in [0.25, 0.3) is 6.08 Å². The molecule has 0 aliphatic carbocycles. The molecule has 1 aliphatic rings. The molecule has 0 radical (unpaired) electrons. The molecule has 3 rings (SSSR count).